The summed E-state index contributed by atoms with van der Waals surface area (Å²) in [5, 5.41) is 15.2. The highest BCUT2D eigenvalue weighted by atomic mass is 32.2. The number of hydrogen-bond donors (Lipinski definition) is 2. The largest absolute Gasteiger partial charge is 0.480 e. The maximum atomic E-state index is 11.3. The molecule has 5 rings (SSSR count). The number of hydrogen-bond acceptors (Lipinski definition) is 6. The number of rotatable bonds is 6. The lowest BCUT2D eigenvalue weighted by Gasteiger charge is -2.15. The highest BCUT2D eigenvalue weighted by molar-refractivity contribution is 8.00. The van der Waals surface area contributed by atoms with Gasteiger partial charge in [0.1, 0.15) is 11.1 Å². The molecule has 0 saturated heterocycles. The van der Waals surface area contributed by atoms with Crippen molar-refractivity contribution in [3.05, 3.63) is 47.7 Å². The van der Waals surface area contributed by atoms with Gasteiger partial charge in [0.2, 0.25) is 0 Å². The molecule has 1 fully saturated rings. The Hall–Kier alpha value is -2.25. The van der Waals surface area contributed by atoms with E-state index in [2.05, 4.69) is 46.7 Å². The molecule has 1 unspecified atom stereocenters. The van der Waals surface area contributed by atoms with E-state index >= 15 is 0 Å². The molecule has 0 bridgehead atoms. The minimum Gasteiger partial charge on any atom is -0.480 e. The second-order valence-electron chi connectivity index (χ2n) is 7.47. The fraction of sp³-hybridized carbons (Fsp3) is 0.318. The number of carboxylic acid groups (broad SMARTS) is 1. The van der Waals surface area contributed by atoms with Crippen LogP contribution in [0, 0.1) is 0 Å². The number of anilines is 2. The van der Waals surface area contributed by atoms with Gasteiger partial charge in [0.05, 0.1) is 10.6 Å². The minimum absolute atomic E-state index is 0.516. The molecule has 1 aliphatic heterocycles. The summed E-state index contributed by atoms with van der Waals surface area (Å²) in [6.07, 6.45) is 3.43. The number of aryl methyl sites for hydroxylation is 1. The Morgan fingerprint density at radius 3 is 2.76 bits per heavy atom. The summed E-state index contributed by atoms with van der Waals surface area (Å²) in [7, 11) is 0. The van der Waals surface area contributed by atoms with Crippen LogP contribution in [0.1, 0.15) is 36.9 Å². The minimum atomic E-state index is -0.857. The Balaban J connectivity index is 1.54. The highest BCUT2D eigenvalue weighted by Gasteiger charge is 2.26. The van der Waals surface area contributed by atoms with E-state index in [4.69, 9.17) is 4.98 Å². The summed E-state index contributed by atoms with van der Waals surface area (Å²) < 4.78 is 0. The fourth-order valence-corrected chi connectivity index (χ4v) is 5.47. The van der Waals surface area contributed by atoms with Crippen LogP contribution >= 0.6 is 23.5 Å². The first-order chi connectivity index (χ1) is 14.1. The van der Waals surface area contributed by atoms with Gasteiger partial charge in [-0.25, -0.2) is 9.97 Å². The van der Waals surface area contributed by atoms with Crippen LogP contribution in [0.2, 0.25) is 0 Å². The number of benzene rings is 2. The van der Waals surface area contributed by atoms with Gasteiger partial charge in [-0.15, -0.1) is 11.8 Å². The van der Waals surface area contributed by atoms with Crippen LogP contribution in [0.5, 0.6) is 0 Å². The molecule has 0 amide bonds. The zero-order valence-corrected chi connectivity index (χ0v) is 17.6. The molecule has 148 valence electrons. The van der Waals surface area contributed by atoms with E-state index in [9.17, 15) is 9.90 Å². The molecule has 1 atom stereocenters. The Labute approximate surface area is 177 Å². The van der Waals surface area contributed by atoms with Crippen molar-refractivity contribution >= 4 is 51.8 Å². The molecule has 0 radical (unpaired) electrons. The molecule has 7 heteroatoms. The van der Waals surface area contributed by atoms with Gasteiger partial charge in [-0.2, -0.15) is 0 Å². The summed E-state index contributed by atoms with van der Waals surface area (Å²) in [6.45, 7) is 1.66. The van der Waals surface area contributed by atoms with Crippen molar-refractivity contribution in [2.24, 2.45) is 0 Å². The third-order valence-corrected chi connectivity index (χ3v) is 7.43. The Kier molecular flexibility index (Phi) is 4.87. The van der Waals surface area contributed by atoms with Gasteiger partial charge in [-0.05, 0) is 42.7 Å². The summed E-state index contributed by atoms with van der Waals surface area (Å²) in [4.78, 5) is 21.6. The van der Waals surface area contributed by atoms with Crippen LogP contribution in [-0.4, -0.2) is 32.0 Å². The van der Waals surface area contributed by atoms with Gasteiger partial charge in [0.15, 0.2) is 5.16 Å². The average molecular weight is 424 g/mol. The number of carboxylic acids is 1. The molecule has 2 N–H and O–H groups in total. The Morgan fingerprint density at radius 1 is 1.21 bits per heavy atom. The van der Waals surface area contributed by atoms with Crippen LogP contribution in [-0.2, 0) is 11.2 Å². The number of carbonyl (C=O) groups is 1. The molecule has 1 aliphatic carbocycles. The van der Waals surface area contributed by atoms with E-state index in [1.165, 1.54) is 40.9 Å². The molecular formula is C22H21N3O2S2. The first-order valence-electron chi connectivity index (χ1n) is 9.82. The van der Waals surface area contributed by atoms with E-state index in [1.807, 2.05) is 0 Å². The number of thioether (sulfide) groups is 2. The second-order valence-corrected chi connectivity index (χ2v) is 9.89. The van der Waals surface area contributed by atoms with Gasteiger partial charge < -0.3 is 10.4 Å². The number of nitrogens with one attached hydrogen (secondary N) is 1. The van der Waals surface area contributed by atoms with Crippen molar-refractivity contribution in [3.63, 3.8) is 0 Å². The number of nitrogens with zero attached hydrogens (tertiary/aromatic N) is 2. The second kappa shape index (κ2) is 7.54. The van der Waals surface area contributed by atoms with Gasteiger partial charge in [-0.3, -0.25) is 4.79 Å². The van der Waals surface area contributed by atoms with Gasteiger partial charge in [0.25, 0.3) is 0 Å². The van der Waals surface area contributed by atoms with E-state index in [1.54, 1.807) is 18.7 Å². The molecule has 5 nitrogen and oxygen atoms in total. The van der Waals surface area contributed by atoms with E-state index in [0.717, 1.165) is 34.3 Å². The predicted molar refractivity (Wildman–Crippen MR) is 119 cm³/mol. The zero-order valence-electron chi connectivity index (χ0n) is 16.0. The van der Waals surface area contributed by atoms with Crippen molar-refractivity contribution in [1.29, 1.82) is 0 Å². The predicted octanol–water partition coefficient (Wildman–Crippen LogP) is 5.46. The van der Waals surface area contributed by atoms with E-state index in [0.29, 0.717) is 11.1 Å². The monoisotopic (exact) mass is 423 g/mol. The summed E-state index contributed by atoms with van der Waals surface area (Å²) in [5.41, 5.74) is 3.46. The van der Waals surface area contributed by atoms with Crippen molar-refractivity contribution in [2.75, 3.05) is 11.1 Å². The van der Waals surface area contributed by atoms with Crippen molar-refractivity contribution in [1.82, 2.24) is 9.97 Å². The molecule has 2 heterocycles. The topological polar surface area (TPSA) is 75.1 Å². The van der Waals surface area contributed by atoms with Gasteiger partial charge in [0, 0.05) is 23.2 Å². The SMILES string of the molecule is CC(Sc1nc2c(c(Nc3ccc(C4CC4)c4ccccc34)n1)SCC2)C(=O)O. The maximum Gasteiger partial charge on any atom is 0.316 e. The molecule has 29 heavy (non-hydrogen) atoms. The van der Waals surface area contributed by atoms with Crippen LogP contribution in [0.15, 0.2) is 46.5 Å². The van der Waals surface area contributed by atoms with Crippen LogP contribution in [0.3, 0.4) is 0 Å². The first kappa shape index (κ1) is 18.8. The van der Waals surface area contributed by atoms with Gasteiger partial charge >= 0.3 is 5.97 Å². The van der Waals surface area contributed by atoms with Crippen molar-refractivity contribution in [3.8, 4) is 0 Å². The maximum absolute atomic E-state index is 11.3. The van der Waals surface area contributed by atoms with E-state index in [-0.39, 0.29) is 0 Å². The molecular weight excluding hydrogens is 402 g/mol. The first-order valence-corrected chi connectivity index (χ1v) is 11.7. The number of aliphatic carboxylic acids is 1. The quantitative estimate of drug-likeness (QED) is 0.402. The van der Waals surface area contributed by atoms with E-state index < -0.39 is 11.2 Å². The summed E-state index contributed by atoms with van der Waals surface area (Å²) in [6, 6.07) is 12.9. The Morgan fingerprint density at radius 2 is 2.00 bits per heavy atom. The zero-order chi connectivity index (χ0) is 20.0. The van der Waals surface area contributed by atoms with Crippen LogP contribution < -0.4 is 5.32 Å². The van der Waals surface area contributed by atoms with Crippen LogP contribution in [0.25, 0.3) is 10.8 Å². The fourth-order valence-electron chi connectivity index (χ4n) is 3.70. The lowest BCUT2D eigenvalue weighted by Crippen LogP contribution is -2.12. The average Bonchev–Trinajstić information content (AvgIpc) is 3.45. The normalized spacial score (nSPS) is 16.6. The molecule has 2 aliphatic rings. The van der Waals surface area contributed by atoms with Gasteiger partial charge in [-0.1, -0.05) is 42.1 Å². The number of fused-ring (bicyclic) bond motifs is 2. The summed E-state index contributed by atoms with van der Waals surface area (Å²) in [5.74, 6) is 1.59. The summed E-state index contributed by atoms with van der Waals surface area (Å²) >= 11 is 2.95. The lowest BCUT2D eigenvalue weighted by molar-refractivity contribution is -0.136. The third kappa shape index (κ3) is 3.69. The smallest absolute Gasteiger partial charge is 0.316 e. The highest BCUT2D eigenvalue weighted by Crippen LogP contribution is 2.45. The van der Waals surface area contributed by atoms with Crippen LogP contribution in [0.4, 0.5) is 11.5 Å². The standard InChI is InChI=1S/C22H21N3O2S2/c1-12(21(26)27)29-22-24-18-10-11-28-19(18)20(25-22)23-17-9-8-14(13-6-7-13)15-4-2-3-5-16(15)17/h2-5,8-9,12-13H,6-7,10-11H2,1H3,(H,26,27)(H,23,24,25). The molecule has 3 aromatic rings. The Bertz CT molecular complexity index is 1110. The third-order valence-electron chi connectivity index (χ3n) is 5.36. The molecule has 1 saturated carbocycles. The lowest BCUT2D eigenvalue weighted by atomic mass is 9.99. The molecule has 0 spiro atoms. The number of aromatic nitrogens is 2. The van der Waals surface area contributed by atoms with Crippen molar-refractivity contribution in [2.45, 2.75) is 47.4 Å². The van der Waals surface area contributed by atoms with Crippen molar-refractivity contribution < 1.29 is 9.90 Å². The molecule has 2 aromatic carbocycles. The molecule has 1 aromatic heterocycles.